The molecule has 2 rings (SSSR count). The van der Waals surface area contributed by atoms with E-state index in [2.05, 4.69) is 4.98 Å². The van der Waals surface area contributed by atoms with E-state index in [1.54, 1.807) is 13.0 Å². The number of rotatable bonds is 2. The molecular weight excluding hydrogens is 328 g/mol. The van der Waals surface area contributed by atoms with Crippen molar-refractivity contribution in [2.75, 3.05) is 0 Å². The lowest BCUT2D eigenvalue weighted by molar-refractivity contribution is -0.137. The van der Waals surface area contributed by atoms with Crippen LogP contribution < -0.4 is 0 Å². The van der Waals surface area contributed by atoms with Gasteiger partial charge in [-0.25, -0.2) is 4.39 Å². The molecule has 0 spiro atoms. The Morgan fingerprint density at radius 2 is 1.40 bits per heavy atom. The van der Waals surface area contributed by atoms with E-state index >= 15 is 0 Å². The highest BCUT2D eigenvalue weighted by Crippen LogP contribution is 2.34. The van der Waals surface area contributed by atoms with Gasteiger partial charge in [-0.2, -0.15) is 13.2 Å². The van der Waals surface area contributed by atoms with E-state index in [0.29, 0.717) is 6.07 Å². The number of halogens is 4. The van der Waals surface area contributed by atoms with Crippen LogP contribution in [-0.4, -0.2) is 20.7 Å². The lowest BCUT2D eigenvalue weighted by atomic mass is 9.49. The van der Waals surface area contributed by atoms with Crippen LogP contribution >= 0.6 is 0 Å². The minimum absolute atomic E-state index is 0.154. The summed E-state index contributed by atoms with van der Waals surface area (Å²) in [5.74, 6) is -1.06. The third-order valence-corrected chi connectivity index (χ3v) is 3.04. The summed E-state index contributed by atoms with van der Waals surface area (Å²) >= 11 is 0. The first kappa shape index (κ1) is 23.2. The number of aromatic nitrogens is 1. The molecular formula is C18H21B2F4N. The molecule has 0 saturated carbocycles. The average molecular weight is 349 g/mol. The highest BCUT2D eigenvalue weighted by atomic mass is 19.4. The van der Waals surface area contributed by atoms with E-state index in [1.165, 1.54) is 12.3 Å². The van der Waals surface area contributed by atoms with Crippen LogP contribution in [0.15, 0.2) is 36.5 Å². The first-order chi connectivity index (χ1) is 11.6. The molecule has 2 aromatic rings. The molecule has 1 heterocycles. The molecule has 0 aliphatic rings. The summed E-state index contributed by atoms with van der Waals surface area (Å²) in [4.78, 5) is 3.96. The Morgan fingerprint density at radius 3 is 1.88 bits per heavy atom. The molecule has 0 aliphatic heterocycles. The third-order valence-electron chi connectivity index (χ3n) is 3.04. The van der Waals surface area contributed by atoms with Crippen molar-refractivity contribution < 1.29 is 17.6 Å². The molecule has 0 N–H and O–H groups in total. The van der Waals surface area contributed by atoms with Gasteiger partial charge in [0.1, 0.15) is 5.82 Å². The van der Waals surface area contributed by atoms with Crippen LogP contribution in [0.1, 0.15) is 50.1 Å². The van der Waals surface area contributed by atoms with Crippen molar-refractivity contribution in [1.29, 1.82) is 0 Å². The molecule has 0 fully saturated rings. The van der Waals surface area contributed by atoms with E-state index in [9.17, 15) is 17.6 Å². The fourth-order valence-electron chi connectivity index (χ4n) is 1.90. The minimum atomic E-state index is -4.69. The highest BCUT2D eigenvalue weighted by molar-refractivity contribution is 6.42. The standard InChI is InChI=1S/C14H9B2F4N.2C2H6/c1-8-2-3-21-12(4-8)13(15,16)9-5-10(14(18,19)20)7-11(17)6-9;2*1-2/h2-7H,1H3;2*1-2H3. The second-order valence-corrected chi connectivity index (χ2v) is 4.81. The lowest BCUT2D eigenvalue weighted by Gasteiger charge is -2.27. The summed E-state index contributed by atoms with van der Waals surface area (Å²) in [5.41, 5.74) is -0.410. The number of nitrogens with zero attached hydrogens (tertiary/aromatic N) is 1. The van der Waals surface area contributed by atoms with Crippen LogP contribution in [-0.2, 0) is 11.4 Å². The van der Waals surface area contributed by atoms with Gasteiger partial charge in [-0.1, -0.05) is 27.7 Å². The summed E-state index contributed by atoms with van der Waals surface area (Å²) < 4.78 is 51.7. The SMILES string of the molecule is CC.CC.[B]C([B])(c1cc(F)cc(C(F)(F)F)c1)c1cc(C)ccn1. The summed E-state index contributed by atoms with van der Waals surface area (Å²) in [6.07, 6.45) is -3.25. The Morgan fingerprint density at radius 1 is 0.880 bits per heavy atom. The maximum Gasteiger partial charge on any atom is 0.416 e. The number of alkyl halides is 3. The van der Waals surface area contributed by atoms with Crippen molar-refractivity contribution in [3.63, 3.8) is 0 Å². The largest absolute Gasteiger partial charge is 0.416 e. The van der Waals surface area contributed by atoms with Crippen molar-refractivity contribution in [1.82, 2.24) is 4.98 Å². The molecule has 25 heavy (non-hydrogen) atoms. The zero-order valence-electron chi connectivity index (χ0n) is 15.1. The van der Waals surface area contributed by atoms with Gasteiger partial charge in [-0.05, 0) is 53.6 Å². The van der Waals surface area contributed by atoms with Crippen LogP contribution in [0.5, 0.6) is 0 Å². The topological polar surface area (TPSA) is 12.9 Å². The van der Waals surface area contributed by atoms with Crippen LogP contribution in [0.4, 0.5) is 17.6 Å². The summed E-state index contributed by atoms with van der Waals surface area (Å²) in [5, 5.41) is -1.83. The van der Waals surface area contributed by atoms with Gasteiger partial charge in [0, 0.05) is 11.9 Å². The van der Waals surface area contributed by atoms with Crippen LogP contribution in [0, 0.1) is 12.7 Å². The fraction of sp³-hybridized carbons (Fsp3) is 0.389. The predicted octanol–water partition coefficient (Wildman–Crippen LogP) is 5.14. The van der Waals surface area contributed by atoms with Crippen LogP contribution in [0.3, 0.4) is 0 Å². The molecule has 0 atom stereocenters. The van der Waals surface area contributed by atoms with E-state index in [0.717, 1.165) is 17.7 Å². The fourth-order valence-corrected chi connectivity index (χ4v) is 1.90. The summed E-state index contributed by atoms with van der Waals surface area (Å²) in [6.45, 7) is 9.76. The summed E-state index contributed by atoms with van der Waals surface area (Å²) in [6, 6.07) is 5.22. The maximum absolute atomic E-state index is 13.5. The Hall–Kier alpha value is -1.78. The van der Waals surface area contributed by atoms with E-state index in [-0.39, 0.29) is 11.3 Å². The van der Waals surface area contributed by atoms with Gasteiger partial charge in [-0.15, -0.1) is 0 Å². The number of aryl methyl sites for hydroxylation is 1. The Labute approximate surface area is 149 Å². The van der Waals surface area contributed by atoms with Crippen molar-refractivity contribution in [3.05, 3.63) is 64.7 Å². The third kappa shape index (κ3) is 6.22. The van der Waals surface area contributed by atoms with Crippen molar-refractivity contribution >= 4 is 15.7 Å². The normalized spacial score (nSPS) is 10.9. The maximum atomic E-state index is 13.5. The molecule has 0 bridgehead atoms. The number of hydrogen-bond acceptors (Lipinski definition) is 1. The van der Waals surface area contributed by atoms with E-state index in [4.69, 9.17) is 15.7 Å². The Balaban J connectivity index is 0.00000134. The number of benzene rings is 1. The van der Waals surface area contributed by atoms with Crippen molar-refractivity contribution in [3.8, 4) is 0 Å². The first-order valence-electron chi connectivity index (χ1n) is 8.00. The number of hydrogen-bond donors (Lipinski definition) is 0. The second kappa shape index (κ2) is 9.64. The first-order valence-corrected chi connectivity index (χ1v) is 8.00. The van der Waals surface area contributed by atoms with Gasteiger partial charge in [0.15, 0.2) is 0 Å². The zero-order valence-corrected chi connectivity index (χ0v) is 15.1. The van der Waals surface area contributed by atoms with Crippen LogP contribution in [0.25, 0.3) is 0 Å². The Kier molecular flexibility index (Phi) is 8.95. The molecule has 0 amide bonds. The number of pyridine rings is 1. The quantitative estimate of drug-likeness (QED) is 0.541. The van der Waals surface area contributed by atoms with Crippen molar-refractivity contribution in [2.24, 2.45) is 0 Å². The van der Waals surface area contributed by atoms with E-state index in [1.807, 2.05) is 27.7 Å². The molecule has 0 aliphatic carbocycles. The predicted molar refractivity (Wildman–Crippen MR) is 95.4 cm³/mol. The average Bonchev–Trinajstić information content (AvgIpc) is 2.57. The van der Waals surface area contributed by atoms with Crippen molar-refractivity contribution in [2.45, 2.75) is 46.0 Å². The van der Waals surface area contributed by atoms with Gasteiger partial charge in [0.2, 0.25) is 0 Å². The van der Waals surface area contributed by atoms with Gasteiger partial charge >= 0.3 is 6.18 Å². The molecule has 1 aromatic carbocycles. The van der Waals surface area contributed by atoms with Gasteiger partial charge in [0.05, 0.1) is 21.3 Å². The van der Waals surface area contributed by atoms with E-state index < -0.39 is 22.8 Å². The highest BCUT2D eigenvalue weighted by Gasteiger charge is 2.33. The molecule has 132 valence electrons. The molecule has 1 aromatic heterocycles. The second-order valence-electron chi connectivity index (χ2n) is 4.81. The smallest absolute Gasteiger partial charge is 0.262 e. The monoisotopic (exact) mass is 349 g/mol. The van der Waals surface area contributed by atoms with Crippen LogP contribution in [0.2, 0.25) is 0 Å². The molecule has 0 unspecified atom stereocenters. The molecule has 0 saturated heterocycles. The van der Waals surface area contributed by atoms with Gasteiger partial charge < -0.3 is 0 Å². The van der Waals surface area contributed by atoms with Gasteiger partial charge in [0.25, 0.3) is 0 Å². The molecule has 7 heteroatoms. The molecule has 1 nitrogen and oxygen atoms in total. The molecule has 4 radical (unpaired) electrons. The zero-order chi connectivity index (χ0) is 19.8. The lowest BCUT2D eigenvalue weighted by Crippen LogP contribution is -2.30. The minimum Gasteiger partial charge on any atom is -0.262 e. The summed E-state index contributed by atoms with van der Waals surface area (Å²) in [7, 11) is 11.8. The Bertz CT molecular complexity index is 670. The van der Waals surface area contributed by atoms with Gasteiger partial charge in [-0.3, -0.25) is 4.98 Å².